The van der Waals surface area contributed by atoms with Crippen molar-refractivity contribution in [2.75, 3.05) is 6.54 Å². The average molecular weight is 258 g/mol. The second-order valence-corrected chi connectivity index (χ2v) is 6.64. The van der Waals surface area contributed by atoms with Gasteiger partial charge in [0.1, 0.15) is 0 Å². The van der Waals surface area contributed by atoms with Crippen molar-refractivity contribution in [1.82, 2.24) is 5.32 Å². The Kier molecular flexibility index (Phi) is 5.80. The van der Waals surface area contributed by atoms with Gasteiger partial charge in [-0.15, -0.1) is 0 Å². The highest BCUT2D eigenvalue weighted by molar-refractivity contribution is 5.80. The highest BCUT2D eigenvalue weighted by Gasteiger charge is 2.29. The summed E-state index contributed by atoms with van der Waals surface area (Å²) in [6.07, 6.45) is 0.573. The number of aliphatic carboxylic acids is 1. The van der Waals surface area contributed by atoms with Gasteiger partial charge in [-0.2, -0.15) is 0 Å². The highest BCUT2D eigenvalue weighted by atomic mass is 16.4. The number of hydrogen-bond donors (Lipinski definition) is 3. The summed E-state index contributed by atoms with van der Waals surface area (Å²) in [4.78, 5) is 22.8. The van der Waals surface area contributed by atoms with Crippen LogP contribution in [0, 0.1) is 11.3 Å². The third-order valence-electron chi connectivity index (χ3n) is 2.57. The van der Waals surface area contributed by atoms with Gasteiger partial charge in [0.2, 0.25) is 5.91 Å². The van der Waals surface area contributed by atoms with Gasteiger partial charge < -0.3 is 16.2 Å². The second-order valence-electron chi connectivity index (χ2n) is 6.64. The Labute approximate surface area is 109 Å². The molecular weight excluding hydrogens is 232 g/mol. The number of carbonyl (C=O) groups is 2. The van der Waals surface area contributed by atoms with Gasteiger partial charge in [-0.3, -0.25) is 9.59 Å². The van der Waals surface area contributed by atoms with Crippen LogP contribution in [0.5, 0.6) is 0 Å². The van der Waals surface area contributed by atoms with E-state index in [-0.39, 0.29) is 30.2 Å². The lowest BCUT2D eigenvalue weighted by Gasteiger charge is -2.29. The molecule has 0 fully saturated rings. The fourth-order valence-electron chi connectivity index (χ4n) is 1.88. The van der Waals surface area contributed by atoms with Gasteiger partial charge in [-0.1, -0.05) is 20.8 Å². The Bertz CT molecular complexity index is 306. The number of nitrogens with two attached hydrogens (primary N) is 1. The Morgan fingerprint density at radius 2 is 1.72 bits per heavy atom. The summed E-state index contributed by atoms with van der Waals surface area (Å²) in [5.41, 5.74) is 4.88. The standard InChI is InChI=1S/C13H26N2O3/c1-12(2,3)6-9(8-14)11(18)15-13(4,5)7-10(16)17/h9H,6-8,14H2,1-5H3,(H,15,18)(H,16,17). The molecule has 0 aromatic rings. The summed E-state index contributed by atoms with van der Waals surface area (Å²) in [5, 5.41) is 11.5. The van der Waals surface area contributed by atoms with Crippen LogP contribution >= 0.6 is 0 Å². The van der Waals surface area contributed by atoms with Crippen molar-refractivity contribution in [3.05, 3.63) is 0 Å². The SMILES string of the molecule is CC(C)(C)CC(CN)C(=O)NC(C)(C)CC(=O)O. The van der Waals surface area contributed by atoms with E-state index in [1.54, 1.807) is 13.8 Å². The summed E-state index contributed by atoms with van der Waals surface area (Å²) in [6, 6.07) is 0. The Morgan fingerprint density at radius 3 is 2.06 bits per heavy atom. The van der Waals surface area contributed by atoms with Gasteiger partial charge in [-0.25, -0.2) is 0 Å². The minimum absolute atomic E-state index is 0.0122. The van der Waals surface area contributed by atoms with Gasteiger partial charge in [0, 0.05) is 12.1 Å². The molecule has 18 heavy (non-hydrogen) atoms. The Morgan fingerprint density at radius 1 is 1.22 bits per heavy atom. The minimum atomic E-state index is -0.930. The first-order valence-electron chi connectivity index (χ1n) is 6.21. The molecule has 106 valence electrons. The minimum Gasteiger partial charge on any atom is -0.481 e. The summed E-state index contributed by atoms with van der Waals surface area (Å²) in [7, 11) is 0. The number of nitrogens with one attached hydrogen (secondary N) is 1. The van der Waals surface area contributed by atoms with Crippen molar-refractivity contribution in [1.29, 1.82) is 0 Å². The maximum absolute atomic E-state index is 12.1. The molecule has 0 aromatic carbocycles. The van der Waals surface area contributed by atoms with Crippen LogP contribution in [0.4, 0.5) is 0 Å². The predicted octanol–water partition coefficient (Wildman–Crippen LogP) is 1.37. The zero-order chi connectivity index (χ0) is 14.6. The fraction of sp³-hybridized carbons (Fsp3) is 0.846. The van der Waals surface area contributed by atoms with Gasteiger partial charge in [0.05, 0.1) is 12.3 Å². The molecule has 0 bridgehead atoms. The van der Waals surface area contributed by atoms with Crippen LogP contribution in [0.3, 0.4) is 0 Å². The van der Waals surface area contributed by atoms with Crippen LogP contribution in [0.15, 0.2) is 0 Å². The molecule has 1 atom stereocenters. The molecule has 5 heteroatoms. The van der Waals surface area contributed by atoms with Crippen molar-refractivity contribution in [3.8, 4) is 0 Å². The molecule has 4 N–H and O–H groups in total. The monoisotopic (exact) mass is 258 g/mol. The summed E-state index contributed by atoms with van der Waals surface area (Å²) in [6.45, 7) is 9.81. The topological polar surface area (TPSA) is 92.4 Å². The van der Waals surface area contributed by atoms with E-state index in [1.807, 2.05) is 20.8 Å². The van der Waals surface area contributed by atoms with Gasteiger partial charge in [0.25, 0.3) is 0 Å². The van der Waals surface area contributed by atoms with Crippen LogP contribution in [0.2, 0.25) is 0 Å². The zero-order valence-corrected chi connectivity index (χ0v) is 12.0. The van der Waals surface area contributed by atoms with Gasteiger partial charge >= 0.3 is 5.97 Å². The smallest absolute Gasteiger partial charge is 0.305 e. The van der Waals surface area contributed by atoms with Crippen molar-refractivity contribution >= 4 is 11.9 Å². The van der Waals surface area contributed by atoms with Crippen molar-refractivity contribution in [2.24, 2.45) is 17.1 Å². The third-order valence-corrected chi connectivity index (χ3v) is 2.57. The highest BCUT2D eigenvalue weighted by Crippen LogP contribution is 2.24. The summed E-state index contributed by atoms with van der Waals surface area (Å²) >= 11 is 0. The first-order chi connectivity index (χ1) is 7.97. The Hall–Kier alpha value is -1.10. The Balaban J connectivity index is 4.57. The summed E-state index contributed by atoms with van der Waals surface area (Å²) in [5.74, 6) is -1.38. The molecule has 0 radical (unpaired) electrons. The van der Waals surface area contributed by atoms with E-state index < -0.39 is 11.5 Å². The molecule has 5 nitrogen and oxygen atoms in total. The van der Waals surface area contributed by atoms with E-state index in [4.69, 9.17) is 10.8 Å². The number of carbonyl (C=O) groups excluding carboxylic acids is 1. The van der Waals surface area contributed by atoms with Crippen molar-refractivity contribution in [2.45, 2.75) is 53.0 Å². The molecule has 0 aliphatic rings. The fourth-order valence-corrected chi connectivity index (χ4v) is 1.88. The van der Waals surface area contributed by atoms with Crippen LogP contribution in [0.1, 0.15) is 47.5 Å². The quantitative estimate of drug-likeness (QED) is 0.671. The van der Waals surface area contributed by atoms with Crippen LogP contribution in [-0.4, -0.2) is 29.1 Å². The average Bonchev–Trinajstić information content (AvgIpc) is 2.09. The first-order valence-corrected chi connectivity index (χ1v) is 6.21. The lowest BCUT2D eigenvalue weighted by molar-refractivity contribution is -0.139. The predicted molar refractivity (Wildman–Crippen MR) is 71.1 cm³/mol. The molecule has 0 heterocycles. The molecule has 0 saturated carbocycles. The van der Waals surface area contributed by atoms with Gasteiger partial charge in [0.15, 0.2) is 0 Å². The second kappa shape index (κ2) is 6.18. The molecule has 0 saturated heterocycles. The normalized spacial score (nSPS) is 14.1. The zero-order valence-electron chi connectivity index (χ0n) is 12.0. The van der Waals surface area contributed by atoms with Crippen LogP contribution < -0.4 is 11.1 Å². The molecule has 0 rings (SSSR count). The van der Waals surface area contributed by atoms with E-state index in [9.17, 15) is 9.59 Å². The third kappa shape index (κ3) is 7.27. The van der Waals surface area contributed by atoms with Crippen LogP contribution in [0.25, 0.3) is 0 Å². The first kappa shape index (κ1) is 16.9. The van der Waals surface area contributed by atoms with E-state index in [2.05, 4.69) is 5.32 Å². The van der Waals surface area contributed by atoms with Crippen LogP contribution in [-0.2, 0) is 9.59 Å². The largest absolute Gasteiger partial charge is 0.481 e. The van der Waals surface area contributed by atoms with E-state index in [1.165, 1.54) is 0 Å². The summed E-state index contributed by atoms with van der Waals surface area (Å²) < 4.78 is 0. The molecule has 1 unspecified atom stereocenters. The lowest BCUT2D eigenvalue weighted by Crippen LogP contribution is -2.49. The van der Waals surface area contributed by atoms with E-state index in [0.717, 1.165) is 0 Å². The number of carboxylic acid groups (broad SMARTS) is 1. The molecule has 1 amide bonds. The number of hydrogen-bond acceptors (Lipinski definition) is 3. The number of rotatable bonds is 6. The molecular formula is C13H26N2O3. The molecule has 0 spiro atoms. The maximum atomic E-state index is 12.1. The lowest BCUT2D eigenvalue weighted by atomic mass is 9.84. The van der Waals surface area contributed by atoms with Crippen molar-refractivity contribution < 1.29 is 14.7 Å². The van der Waals surface area contributed by atoms with Gasteiger partial charge in [-0.05, 0) is 25.7 Å². The van der Waals surface area contributed by atoms with E-state index in [0.29, 0.717) is 6.42 Å². The molecule has 0 aliphatic carbocycles. The molecule has 0 aliphatic heterocycles. The molecule has 0 aromatic heterocycles. The number of carboxylic acids is 1. The van der Waals surface area contributed by atoms with Crippen molar-refractivity contribution in [3.63, 3.8) is 0 Å². The van der Waals surface area contributed by atoms with E-state index >= 15 is 0 Å². The maximum Gasteiger partial charge on any atom is 0.305 e. The number of amides is 1.